The van der Waals surface area contributed by atoms with E-state index in [-0.39, 0.29) is 37.9 Å². The van der Waals surface area contributed by atoms with Gasteiger partial charge in [0.05, 0.1) is 36.7 Å². The Balaban J connectivity index is 0.00000289. The first-order valence-electron chi connectivity index (χ1n) is 10.6. The number of amides is 3. The van der Waals surface area contributed by atoms with Gasteiger partial charge in [0.2, 0.25) is 11.8 Å². The van der Waals surface area contributed by atoms with Gasteiger partial charge in [-0.3, -0.25) is 9.48 Å². The van der Waals surface area contributed by atoms with Crippen molar-refractivity contribution >= 4 is 23.3 Å². The molecular formula is C21H22F3N7O3. The summed E-state index contributed by atoms with van der Waals surface area (Å²) in [6.45, 7) is 4.26. The predicted molar refractivity (Wildman–Crippen MR) is 113 cm³/mol. The van der Waals surface area contributed by atoms with Crippen LogP contribution in [0.2, 0.25) is 0 Å². The molecule has 2 aliphatic heterocycles. The van der Waals surface area contributed by atoms with Crippen LogP contribution < -0.4 is 10.2 Å². The monoisotopic (exact) mass is 477 g/mol. The molecule has 10 nitrogen and oxygen atoms in total. The molecule has 2 aromatic heterocycles. The molecule has 2 atom stereocenters. The van der Waals surface area contributed by atoms with Crippen molar-refractivity contribution in [2.45, 2.75) is 45.3 Å². The molecule has 1 fully saturated rings. The van der Waals surface area contributed by atoms with Crippen molar-refractivity contribution in [2.75, 3.05) is 16.8 Å². The number of halogens is 3. The molecule has 5 rings (SSSR count). The number of carbonyl (C=O) groups excluding carboxylic acids is 2. The van der Waals surface area contributed by atoms with Crippen LogP contribution in [0.5, 0.6) is 0 Å². The Kier molecular flexibility index (Phi) is 5.25. The Labute approximate surface area is 192 Å². The first-order valence-corrected chi connectivity index (χ1v) is 10.6. The highest BCUT2D eigenvalue weighted by Gasteiger charge is 2.38. The van der Waals surface area contributed by atoms with Gasteiger partial charge in [0, 0.05) is 45.1 Å². The number of nitrogens with one attached hydrogen (secondary N) is 1. The Morgan fingerprint density at radius 3 is 2.65 bits per heavy atom. The van der Waals surface area contributed by atoms with Crippen LogP contribution in [0.25, 0.3) is 0 Å². The highest BCUT2D eigenvalue weighted by Crippen LogP contribution is 2.34. The van der Waals surface area contributed by atoms with Gasteiger partial charge in [0.25, 0.3) is 0 Å². The quantitative estimate of drug-likeness (QED) is 0.581. The van der Waals surface area contributed by atoms with Crippen molar-refractivity contribution in [1.82, 2.24) is 24.8 Å². The van der Waals surface area contributed by atoms with Crippen LogP contribution in [-0.2, 0) is 17.9 Å². The SMILES string of the molecule is Cc1nc(C2CC(=O)N(c3cnn4c3CN(C(=O)Nc3cc(F)c(F)c(F)c3)[C@@H](C)C4)C2)no1.[HH]. The first-order chi connectivity index (χ1) is 16.2. The van der Waals surface area contributed by atoms with Gasteiger partial charge in [-0.15, -0.1) is 0 Å². The zero-order chi connectivity index (χ0) is 24.1. The second-order valence-electron chi connectivity index (χ2n) is 8.40. The summed E-state index contributed by atoms with van der Waals surface area (Å²) in [7, 11) is 0. The number of benzene rings is 1. The van der Waals surface area contributed by atoms with E-state index >= 15 is 0 Å². The Bertz CT molecular complexity index is 1270. The van der Waals surface area contributed by atoms with Gasteiger partial charge >= 0.3 is 6.03 Å². The summed E-state index contributed by atoms with van der Waals surface area (Å²) in [5.41, 5.74) is 1.00. The largest absolute Gasteiger partial charge is 0.340 e. The second kappa shape index (κ2) is 8.15. The Morgan fingerprint density at radius 1 is 1.24 bits per heavy atom. The van der Waals surface area contributed by atoms with E-state index in [4.69, 9.17) is 4.52 Å². The molecule has 2 aliphatic rings. The molecule has 0 radical (unpaired) electrons. The fourth-order valence-corrected chi connectivity index (χ4v) is 4.30. The van der Waals surface area contributed by atoms with E-state index in [1.165, 1.54) is 4.90 Å². The molecular weight excluding hydrogens is 455 g/mol. The summed E-state index contributed by atoms with van der Waals surface area (Å²) in [6, 6.07) is 0.496. The third-order valence-corrected chi connectivity index (χ3v) is 6.04. The summed E-state index contributed by atoms with van der Waals surface area (Å²) in [5, 5.41) is 10.7. The third kappa shape index (κ3) is 3.76. The number of nitrogens with zero attached hydrogens (tertiary/aromatic N) is 6. The number of urea groups is 1. The number of aryl methyl sites for hydroxylation is 1. The van der Waals surface area contributed by atoms with Gasteiger partial charge < -0.3 is 19.6 Å². The fraction of sp³-hybridized carbons (Fsp3) is 0.381. The van der Waals surface area contributed by atoms with Gasteiger partial charge in [-0.05, 0) is 6.92 Å². The normalized spacial score (nSPS) is 20.1. The van der Waals surface area contributed by atoms with Gasteiger partial charge in [-0.2, -0.15) is 10.1 Å². The van der Waals surface area contributed by atoms with E-state index in [0.29, 0.717) is 48.3 Å². The predicted octanol–water partition coefficient (Wildman–Crippen LogP) is 3.19. The van der Waals surface area contributed by atoms with E-state index < -0.39 is 23.5 Å². The molecule has 4 heterocycles. The van der Waals surface area contributed by atoms with Crippen LogP contribution >= 0.6 is 0 Å². The summed E-state index contributed by atoms with van der Waals surface area (Å²) in [6.07, 6.45) is 1.79. The van der Waals surface area contributed by atoms with E-state index in [0.717, 1.165) is 0 Å². The lowest BCUT2D eigenvalue weighted by Gasteiger charge is -2.35. The number of fused-ring (bicyclic) bond motifs is 1. The molecule has 3 aromatic rings. The molecule has 0 bridgehead atoms. The van der Waals surface area contributed by atoms with Crippen LogP contribution in [0.4, 0.5) is 29.3 Å². The minimum absolute atomic E-state index is 0. The standard InChI is InChI=1S/C21H20F3N7O3.H2/c1-10-7-31-17(9-29(10)21(33)27-13-4-14(22)19(24)15(23)5-13)16(6-25-31)30-8-12(3-18(30)32)20-26-11(2)34-28-20;/h4-6,10,12H,3,7-9H2,1-2H3,(H,27,33);1H/t10-,12?;/m0./s1. The average molecular weight is 477 g/mol. The average Bonchev–Trinajstić information content (AvgIpc) is 3.49. The maximum atomic E-state index is 13.5. The second-order valence-corrected chi connectivity index (χ2v) is 8.40. The number of rotatable bonds is 3. The van der Waals surface area contributed by atoms with Crippen LogP contribution in [0.15, 0.2) is 22.9 Å². The number of anilines is 2. The van der Waals surface area contributed by atoms with E-state index in [2.05, 4.69) is 20.6 Å². The summed E-state index contributed by atoms with van der Waals surface area (Å²) in [4.78, 5) is 32.9. The molecule has 0 saturated carbocycles. The molecule has 34 heavy (non-hydrogen) atoms. The lowest BCUT2D eigenvalue weighted by atomic mass is 10.1. The van der Waals surface area contributed by atoms with Gasteiger partial charge in [-0.25, -0.2) is 18.0 Å². The number of carbonyl (C=O) groups is 2. The molecule has 13 heteroatoms. The highest BCUT2D eigenvalue weighted by molar-refractivity contribution is 5.97. The fourth-order valence-electron chi connectivity index (χ4n) is 4.30. The van der Waals surface area contributed by atoms with Crippen molar-refractivity contribution in [3.05, 3.63) is 53.2 Å². The molecule has 180 valence electrons. The molecule has 3 amide bonds. The zero-order valence-electron chi connectivity index (χ0n) is 18.3. The topological polar surface area (TPSA) is 109 Å². The van der Waals surface area contributed by atoms with Crippen LogP contribution in [0.3, 0.4) is 0 Å². The highest BCUT2D eigenvalue weighted by atomic mass is 19.2. The smallest absolute Gasteiger partial charge is 0.322 e. The third-order valence-electron chi connectivity index (χ3n) is 6.04. The van der Waals surface area contributed by atoms with E-state index in [1.807, 2.05) is 0 Å². The molecule has 1 unspecified atom stereocenters. The van der Waals surface area contributed by atoms with Crippen molar-refractivity contribution in [1.29, 1.82) is 0 Å². The molecule has 1 saturated heterocycles. The van der Waals surface area contributed by atoms with Gasteiger partial charge in [0.1, 0.15) is 0 Å². The number of aromatic nitrogens is 4. The molecule has 1 aromatic carbocycles. The molecule has 0 aliphatic carbocycles. The van der Waals surface area contributed by atoms with Crippen molar-refractivity contribution in [3.63, 3.8) is 0 Å². The van der Waals surface area contributed by atoms with Crippen LogP contribution in [0, 0.1) is 24.4 Å². The number of hydrogen-bond acceptors (Lipinski definition) is 6. The van der Waals surface area contributed by atoms with E-state index in [9.17, 15) is 22.8 Å². The Morgan fingerprint density at radius 2 is 1.97 bits per heavy atom. The molecule has 0 spiro atoms. The minimum atomic E-state index is -1.61. The zero-order valence-corrected chi connectivity index (χ0v) is 18.3. The summed E-state index contributed by atoms with van der Waals surface area (Å²) in [5.74, 6) is -3.89. The van der Waals surface area contributed by atoms with E-state index in [1.54, 1.807) is 29.6 Å². The van der Waals surface area contributed by atoms with Crippen LogP contribution in [0.1, 0.15) is 38.1 Å². The summed E-state index contributed by atoms with van der Waals surface area (Å²) >= 11 is 0. The maximum Gasteiger partial charge on any atom is 0.322 e. The lowest BCUT2D eigenvalue weighted by molar-refractivity contribution is -0.117. The minimum Gasteiger partial charge on any atom is -0.340 e. The molecule has 1 N–H and O–H groups in total. The first kappa shape index (κ1) is 21.9. The number of hydrogen-bond donors (Lipinski definition) is 1. The van der Waals surface area contributed by atoms with Crippen molar-refractivity contribution in [3.8, 4) is 0 Å². The summed E-state index contributed by atoms with van der Waals surface area (Å²) < 4.78 is 47.1. The van der Waals surface area contributed by atoms with Gasteiger partial charge in [-0.1, -0.05) is 5.16 Å². The van der Waals surface area contributed by atoms with Crippen molar-refractivity contribution < 1.29 is 28.7 Å². The van der Waals surface area contributed by atoms with Crippen LogP contribution in [-0.4, -0.2) is 49.3 Å². The van der Waals surface area contributed by atoms with Gasteiger partial charge in [0.15, 0.2) is 23.3 Å². The van der Waals surface area contributed by atoms with Crippen molar-refractivity contribution in [2.24, 2.45) is 0 Å². The Hall–Kier alpha value is -3.90. The maximum absolute atomic E-state index is 13.5. The lowest BCUT2D eigenvalue weighted by Crippen LogP contribution is -2.47.